The van der Waals surface area contributed by atoms with Crippen molar-refractivity contribution in [2.24, 2.45) is 0 Å². The van der Waals surface area contributed by atoms with Gasteiger partial charge >= 0.3 is 12.0 Å². The van der Waals surface area contributed by atoms with Crippen molar-refractivity contribution in [1.29, 1.82) is 0 Å². The number of nitrogens with one attached hydrogen (secondary N) is 1. The van der Waals surface area contributed by atoms with Gasteiger partial charge in [0.25, 0.3) is 0 Å². The average molecular weight is 200 g/mol. The zero-order chi connectivity index (χ0) is 10.8. The summed E-state index contributed by atoms with van der Waals surface area (Å²) in [4.78, 5) is 23.2. The molecule has 0 atom stereocenters. The summed E-state index contributed by atoms with van der Waals surface area (Å²) in [6.45, 7) is 3.89. The molecule has 0 radical (unpaired) electrons. The molecule has 1 fully saturated rings. The Morgan fingerprint density at radius 1 is 1.50 bits per heavy atom. The molecule has 5 nitrogen and oxygen atoms in total. The van der Waals surface area contributed by atoms with E-state index in [1.165, 1.54) is 4.90 Å². The van der Waals surface area contributed by atoms with Gasteiger partial charge in [-0.05, 0) is 26.7 Å². The molecule has 1 saturated carbocycles. The molecular formula is C9H16N2O3. The second-order valence-electron chi connectivity index (χ2n) is 3.90. The Labute approximate surface area is 83.1 Å². The molecule has 0 aromatic carbocycles. The molecule has 1 aliphatic carbocycles. The maximum absolute atomic E-state index is 11.5. The highest BCUT2D eigenvalue weighted by atomic mass is 16.4. The van der Waals surface area contributed by atoms with E-state index in [2.05, 4.69) is 5.32 Å². The number of carboxylic acid groups (broad SMARTS) is 1. The Kier molecular flexibility index (Phi) is 2.98. The van der Waals surface area contributed by atoms with Crippen molar-refractivity contribution in [2.45, 2.75) is 32.2 Å². The van der Waals surface area contributed by atoms with E-state index in [0.717, 1.165) is 12.8 Å². The molecule has 0 spiro atoms. The normalized spacial score (nSPS) is 17.3. The Morgan fingerprint density at radius 2 is 2.07 bits per heavy atom. The fourth-order valence-corrected chi connectivity index (χ4v) is 1.14. The number of aliphatic carboxylic acids is 1. The van der Waals surface area contributed by atoms with Crippen molar-refractivity contribution in [3.8, 4) is 0 Å². The summed E-state index contributed by atoms with van der Waals surface area (Å²) in [7, 11) is 0. The minimum absolute atomic E-state index is 0.0942. The molecule has 0 aromatic rings. The van der Waals surface area contributed by atoms with Gasteiger partial charge in [-0.2, -0.15) is 0 Å². The van der Waals surface area contributed by atoms with Crippen LogP contribution in [0.25, 0.3) is 0 Å². The predicted octanol–water partition coefficient (Wildman–Crippen LogP) is 0.655. The number of likely N-dealkylation sites (N-methyl/N-ethyl adjacent to an activating group) is 1. The van der Waals surface area contributed by atoms with Gasteiger partial charge in [0.2, 0.25) is 0 Å². The van der Waals surface area contributed by atoms with Gasteiger partial charge in [-0.15, -0.1) is 0 Å². The van der Waals surface area contributed by atoms with Gasteiger partial charge in [0, 0.05) is 12.1 Å². The molecule has 2 N–H and O–H groups in total. The number of rotatable bonds is 4. The first-order valence-electron chi connectivity index (χ1n) is 4.76. The topological polar surface area (TPSA) is 69.6 Å². The van der Waals surface area contributed by atoms with Crippen LogP contribution in [0.2, 0.25) is 0 Å². The molecule has 1 aliphatic rings. The average Bonchev–Trinajstić information content (AvgIpc) is 2.78. The molecule has 80 valence electrons. The summed E-state index contributed by atoms with van der Waals surface area (Å²) in [5.74, 6) is -0.983. The van der Waals surface area contributed by atoms with Gasteiger partial charge in [0.05, 0.1) is 0 Å². The largest absolute Gasteiger partial charge is 0.480 e. The van der Waals surface area contributed by atoms with Gasteiger partial charge in [0.1, 0.15) is 6.54 Å². The van der Waals surface area contributed by atoms with E-state index in [9.17, 15) is 9.59 Å². The Morgan fingerprint density at radius 3 is 2.43 bits per heavy atom. The Hall–Kier alpha value is -1.26. The molecule has 0 aromatic heterocycles. The molecule has 0 unspecified atom stereocenters. The molecule has 0 bridgehead atoms. The molecule has 1 rings (SSSR count). The van der Waals surface area contributed by atoms with Crippen molar-refractivity contribution in [3.05, 3.63) is 0 Å². The quantitative estimate of drug-likeness (QED) is 0.700. The van der Waals surface area contributed by atoms with Crippen LogP contribution in [0.15, 0.2) is 0 Å². The van der Waals surface area contributed by atoms with Crippen molar-refractivity contribution in [2.75, 3.05) is 13.1 Å². The van der Waals surface area contributed by atoms with Crippen molar-refractivity contribution in [3.63, 3.8) is 0 Å². The van der Waals surface area contributed by atoms with Crippen molar-refractivity contribution >= 4 is 12.0 Å². The van der Waals surface area contributed by atoms with Crippen LogP contribution in [0.4, 0.5) is 4.79 Å². The van der Waals surface area contributed by atoms with Crippen LogP contribution in [0.3, 0.4) is 0 Å². The molecule has 14 heavy (non-hydrogen) atoms. The highest BCUT2D eigenvalue weighted by Gasteiger charge is 2.39. The van der Waals surface area contributed by atoms with Crippen molar-refractivity contribution < 1.29 is 14.7 Å². The fourth-order valence-electron chi connectivity index (χ4n) is 1.14. The lowest BCUT2D eigenvalue weighted by atomic mass is 10.3. The Bertz CT molecular complexity index is 248. The standard InChI is InChI=1S/C9H16N2O3/c1-3-11(6-7(12)13)8(14)10-9(2)4-5-9/h3-6H2,1-2H3,(H,10,14)(H,12,13). The van der Waals surface area contributed by atoms with Gasteiger partial charge < -0.3 is 15.3 Å². The van der Waals surface area contributed by atoms with E-state index in [1.807, 2.05) is 6.92 Å². The second-order valence-corrected chi connectivity index (χ2v) is 3.90. The molecular weight excluding hydrogens is 184 g/mol. The fraction of sp³-hybridized carbons (Fsp3) is 0.778. The summed E-state index contributed by atoms with van der Waals surface area (Å²) < 4.78 is 0. The maximum Gasteiger partial charge on any atom is 0.323 e. The van der Waals surface area contributed by atoms with Crippen LogP contribution in [-0.4, -0.2) is 40.6 Å². The molecule has 0 saturated heterocycles. The highest BCUT2D eigenvalue weighted by Crippen LogP contribution is 2.34. The molecule has 0 heterocycles. The minimum Gasteiger partial charge on any atom is -0.480 e. The van der Waals surface area contributed by atoms with E-state index in [1.54, 1.807) is 6.92 Å². The number of urea groups is 1. The zero-order valence-electron chi connectivity index (χ0n) is 8.54. The second kappa shape index (κ2) is 3.86. The third-order valence-corrected chi connectivity index (χ3v) is 2.40. The zero-order valence-corrected chi connectivity index (χ0v) is 8.54. The molecule has 0 aliphatic heterocycles. The number of carboxylic acids is 1. The number of carbonyl (C=O) groups is 2. The Balaban J connectivity index is 2.43. The summed E-state index contributed by atoms with van der Waals surface area (Å²) >= 11 is 0. The van der Waals surface area contributed by atoms with Gasteiger partial charge in [-0.3, -0.25) is 4.79 Å². The monoisotopic (exact) mass is 200 g/mol. The van der Waals surface area contributed by atoms with E-state index >= 15 is 0 Å². The number of amides is 2. The van der Waals surface area contributed by atoms with Crippen LogP contribution < -0.4 is 5.32 Å². The summed E-state index contributed by atoms with van der Waals surface area (Å²) in [6, 6.07) is -0.282. The third-order valence-electron chi connectivity index (χ3n) is 2.40. The highest BCUT2D eigenvalue weighted by molar-refractivity contribution is 5.80. The van der Waals surface area contributed by atoms with E-state index in [0.29, 0.717) is 6.54 Å². The summed E-state index contributed by atoms with van der Waals surface area (Å²) in [5.41, 5.74) is -0.0942. The maximum atomic E-state index is 11.5. The van der Waals surface area contributed by atoms with E-state index in [4.69, 9.17) is 5.11 Å². The molecule has 2 amide bonds. The summed E-state index contributed by atoms with van der Waals surface area (Å²) in [6.07, 6.45) is 1.95. The lowest BCUT2D eigenvalue weighted by molar-refractivity contribution is -0.137. The van der Waals surface area contributed by atoms with E-state index in [-0.39, 0.29) is 18.1 Å². The van der Waals surface area contributed by atoms with Crippen LogP contribution >= 0.6 is 0 Å². The first-order chi connectivity index (χ1) is 6.47. The number of hydrogen-bond acceptors (Lipinski definition) is 2. The van der Waals surface area contributed by atoms with Crippen LogP contribution in [0, 0.1) is 0 Å². The number of hydrogen-bond donors (Lipinski definition) is 2. The van der Waals surface area contributed by atoms with Gasteiger partial charge in [-0.1, -0.05) is 0 Å². The first kappa shape index (κ1) is 10.8. The smallest absolute Gasteiger partial charge is 0.323 e. The third kappa shape index (κ3) is 2.90. The van der Waals surface area contributed by atoms with E-state index < -0.39 is 5.97 Å². The van der Waals surface area contributed by atoms with Gasteiger partial charge in [-0.25, -0.2) is 4.79 Å². The van der Waals surface area contributed by atoms with Gasteiger partial charge in [0.15, 0.2) is 0 Å². The van der Waals surface area contributed by atoms with Crippen LogP contribution in [0.1, 0.15) is 26.7 Å². The SMILES string of the molecule is CCN(CC(=O)O)C(=O)NC1(C)CC1. The van der Waals surface area contributed by atoms with Crippen LogP contribution in [-0.2, 0) is 4.79 Å². The summed E-state index contributed by atoms with van der Waals surface area (Å²) in [5, 5.41) is 11.4. The predicted molar refractivity (Wildman–Crippen MR) is 51.1 cm³/mol. The molecule has 5 heteroatoms. The number of nitrogens with zero attached hydrogens (tertiary/aromatic N) is 1. The number of carbonyl (C=O) groups excluding carboxylic acids is 1. The lowest BCUT2D eigenvalue weighted by Crippen LogP contribution is -2.46. The lowest BCUT2D eigenvalue weighted by Gasteiger charge is -2.21. The van der Waals surface area contributed by atoms with Crippen molar-refractivity contribution in [1.82, 2.24) is 10.2 Å². The minimum atomic E-state index is -0.983. The first-order valence-corrected chi connectivity index (χ1v) is 4.76. The van der Waals surface area contributed by atoms with Crippen LogP contribution in [0.5, 0.6) is 0 Å².